The number of hydrogen-bond donors (Lipinski definition) is 1. The van der Waals surface area contributed by atoms with Crippen molar-refractivity contribution in [3.05, 3.63) is 12.7 Å². The Balaban J connectivity index is 2.21. The van der Waals surface area contributed by atoms with Crippen LogP contribution in [0.15, 0.2) is 12.7 Å². The molecule has 2 atom stereocenters. The van der Waals surface area contributed by atoms with Gasteiger partial charge in [-0.05, 0) is 26.7 Å². The van der Waals surface area contributed by atoms with Crippen LogP contribution in [0.3, 0.4) is 0 Å². The molecule has 0 bridgehead atoms. The summed E-state index contributed by atoms with van der Waals surface area (Å²) in [7, 11) is 0. The topological polar surface area (TPSA) is 38.7 Å². The van der Waals surface area contributed by atoms with Gasteiger partial charge < -0.3 is 14.6 Å². The standard InChI is InChI=1S/C11H20O3/c1-4-5-6-9(12)7-10-8-13-11(2,3)14-10/h4,9-10,12H,1,5-8H2,2-3H3/t9-,10-/m0/s1. The lowest BCUT2D eigenvalue weighted by Gasteiger charge is -2.18. The zero-order valence-corrected chi connectivity index (χ0v) is 9.03. The molecule has 0 aromatic carbocycles. The molecule has 1 rings (SSSR count). The minimum Gasteiger partial charge on any atom is -0.393 e. The van der Waals surface area contributed by atoms with E-state index in [1.807, 2.05) is 19.9 Å². The summed E-state index contributed by atoms with van der Waals surface area (Å²) in [6.07, 6.45) is 3.79. The Hall–Kier alpha value is -0.380. The second kappa shape index (κ2) is 4.91. The van der Waals surface area contributed by atoms with Gasteiger partial charge in [-0.2, -0.15) is 0 Å². The summed E-state index contributed by atoms with van der Waals surface area (Å²) < 4.78 is 11.0. The summed E-state index contributed by atoms with van der Waals surface area (Å²) >= 11 is 0. The van der Waals surface area contributed by atoms with Gasteiger partial charge >= 0.3 is 0 Å². The number of aliphatic hydroxyl groups is 1. The summed E-state index contributed by atoms with van der Waals surface area (Å²) in [6, 6.07) is 0. The summed E-state index contributed by atoms with van der Waals surface area (Å²) in [5, 5.41) is 9.63. The molecule has 1 fully saturated rings. The molecule has 0 aliphatic carbocycles. The van der Waals surface area contributed by atoms with E-state index in [2.05, 4.69) is 6.58 Å². The highest BCUT2D eigenvalue weighted by Crippen LogP contribution is 2.25. The molecule has 82 valence electrons. The van der Waals surface area contributed by atoms with Crippen molar-refractivity contribution >= 4 is 0 Å². The van der Waals surface area contributed by atoms with Crippen LogP contribution < -0.4 is 0 Å². The van der Waals surface area contributed by atoms with E-state index in [1.165, 1.54) is 0 Å². The van der Waals surface area contributed by atoms with E-state index in [9.17, 15) is 5.11 Å². The minimum atomic E-state index is -0.483. The molecule has 1 heterocycles. The van der Waals surface area contributed by atoms with Gasteiger partial charge in [-0.25, -0.2) is 0 Å². The highest BCUT2D eigenvalue weighted by Gasteiger charge is 2.33. The normalized spacial score (nSPS) is 27.5. The summed E-state index contributed by atoms with van der Waals surface area (Å²) in [6.45, 7) is 7.99. The van der Waals surface area contributed by atoms with Crippen LogP contribution in [0.5, 0.6) is 0 Å². The fourth-order valence-electron chi connectivity index (χ4n) is 1.61. The van der Waals surface area contributed by atoms with Gasteiger partial charge in [-0.3, -0.25) is 0 Å². The van der Waals surface area contributed by atoms with Crippen LogP contribution in [0.1, 0.15) is 33.1 Å². The Bertz CT molecular complexity index is 189. The first-order chi connectivity index (χ1) is 6.53. The quantitative estimate of drug-likeness (QED) is 0.688. The Morgan fingerprint density at radius 3 is 2.86 bits per heavy atom. The van der Waals surface area contributed by atoms with E-state index in [-0.39, 0.29) is 12.2 Å². The first-order valence-electron chi connectivity index (χ1n) is 5.14. The lowest BCUT2D eigenvalue weighted by Crippen LogP contribution is -2.24. The van der Waals surface area contributed by atoms with Crippen LogP contribution in [-0.4, -0.2) is 29.7 Å². The fourth-order valence-corrected chi connectivity index (χ4v) is 1.61. The molecule has 3 heteroatoms. The maximum Gasteiger partial charge on any atom is 0.163 e. The van der Waals surface area contributed by atoms with Gasteiger partial charge in [0.2, 0.25) is 0 Å². The monoisotopic (exact) mass is 200 g/mol. The second-order valence-corrected chi connectivity index (χ2v) is 4.21. The molecule has 0 aromatic heterocycles. The molecule has 1 aliphatic rings. The van der Waals surface area contributed by atoms with Crippen molar-refractivity contribution in [1.82, 2.24) is 0 Å². The van der Waals surface area contributed by atoms with Gasteiger partial charge in [0, 0.05) is 6.42 Å². The zero-order valence-electron chi connectivity index (χ0n) is 9.03. The number of aliphatic hydroxyl groups excluding tert-OH is 1. The fraction of sp³-hybridized carbons (Fsp3) is 0.818. The number of ether oxygens (including phenoxy) is 2. The molecule has 1 saturated heterocycles. The highest BCUT2D eigenvalue weighted by molar-refractivity contribution is 4.76. The average molecular weight is 200 g/mol. The lowest BCUT2D eigenvalue weighted by molar-refractivity contribution is -0.141. The molecule has 0 spiro atoms. The van der Waals surface area contributed by atoms with E-state index < -0.39 is 5.79 Å². The van der Waals surface area contributed by atoms with Crippen molar-refractivity contribution in [3.8, 4) is 0 Å². The van der Waals surface area contributed by atoms with Gasteiger partial charge in [0.05, 0.1) is 18.8 Å². The van der Waals surface area contributed by atoms with Gasteiger partial charge in [-0.15, -0.1) is 6.58 Å². The summed E-state index contributed by atoms with van der Waals surface area (Å²) in [5.74, 6) is -0.483. The maximum atomic E-state index is 9.63. The summed E-state index contributed by atoms with van der Waals surface area (Å²) in [4.78, 5) is 0. The Morgan fingerprint density at radius 2 is 2.36 bits per heavy atom. The molecule has 14 heavy (non-hydrogen) atoms. The van der Waals surface area contributed by atoms with Gasteiger partial charge in [-0.1, -0.05) is 6.08 Å². The highest BCUT2D eigenvalue weighted by atomic mass is 16.7. The average Bonchev–Trinajstić information content (AvgIpc) is 2.42. The molecule has 0 unspecified atom stereocenters. The SMILES string of the molecule is C=CCC[C@H](O)C[C@H]1COC(C)(C)O1. The van der Waals surface area contributed by atoms with E-state index in [4.69, 9.17) is 9.47 Å². The van der Waals surface area contributed by atoms with Crippen molar-refractivity contribution < 1.29 is 14.6 Å². The van der Waals surface area contributed by atoms with Crippen molar-refractivity contribution in [2.24, 2.45) is 0 Å². The van der Waals surface area contributed by atoms with Crippen LogP contribution in [0.2, 0.25) is 0 Å². The Morgan fingerprint density at radius 1 is 1.64 bits per heavy atom. The van der Waals surface area contributed by atoms with E-state index >= 15 is 0 Å². The largest absolute Gasteiger partial charge is 0.393 e. The van der Waals surface area contributed by atoms with Crippen LogP contribution >= 0.6 is 0 Å². The molecule has 0 saturated carbocycles. The maximum absolute atomic E-state index is 9.63. The zero-order chi connectivity index (χ0) is 10.6. The minimum absolute atomic E-state index is 0.0322. The molecule has 0 aromatic rings. The lowest BCUT2D eigenvalue weighted by atomic mass is 10.1. The second-order valence-electron chi connectivity index (χ2n) is 4.21. The van der Waals surface area contributed by atoms with Crippen molar-refractivity contribution in [1.29, 1.82) is 0 Å². The van der Waals surface area contributed by atoms with E-state index in [1.54, 1.807) is 0 Å². The van der Waals surface area contributed by atoms with Crippen LogP contribution in [-0.2, 0) is 9.47 Å². The first-order valence-corrected chi connectivity index (χ1v) is 5.14. The van der Waals surface area contributed by atoms with Crippen LogP contribution in [0.25, 0.3) is 0 Å². The van der Waals surface area contributed by atoms with E-state index in [0.717, 1.165) is 12.8 Å². The molecular weight excluding hydrogens is 180 g/mol. The smallest absolute Gasteiger partial charge is 0.163 e. The third-order valence-corrected chi connectivity index (χ3v) is 2.31. The number of allylic oxidation sites excluding steroid dienone is 1. The number of hydrogen-bond acceptors (Lipinski definition) is 3. The molecule has 1 N–H and O–H groups in total. The predicted octanol–water partition coefficient (Wildman–Crippen LogP) is 1.86. The Labute approximate surface area is 85.7 Å². The predicted molar refractivity (Wildman–Crippen MR) is 55.0 cm³/mol. The van der Waals surface area contributed by atoms with Crippen LogP contribution in [0.4, 0.5) is 0 Å². The van der Waals surface area contributed by atoms with E-state index in [0.29, 0.717) is 13.0 Å². The third kappa shape index (κ3) is 3.78. The Kier molecular flexibility index (Phi) is 4.11. The summed E-state index contributed by atoms with van der Waals surface area (Å²) in [5.41, 5.74) is 0. The van der Waals surface area contributed by atoms with Crippen molar-refractivity contribution in [2.45, 2.75) is 51.1 Å². The van der Waals surface area contributed by atoms with Gasteiger partial charge in [0.25, 0.3) is 0 Å². The number of rotatable bonds is 5. The van der Waals surface area contributed by atoms with Gasteiger partial charge in [0.1, 0.15) is 0 Å². The molecule has 0 radical (unpaired) electrons. The molecule has 0 amide bonds. The molecular formula is C11H20O3. The molecule has 1 aliphatic heterocycles. The van der Waals surface area contributed by atoms with Gasteiger partial charge in [0.15, 0.2) is 5.79 Å². The third-order valence-electron chi connectivity index (χ3n) is 2.31. The molecule has 3 nitrogen and oxygen atoms in total. The van der Waals surface area contributed by atoms with Crippen molar-refractivity contribution in [2.75, 3.05) is 6.61 Å². The van der Waals surface area contributed by atoms with Crippen molar-refractivity contribution in [3.63, 3.8) is 0 Å². The van der Waals surface area contributed by atoms with Crippen LogP contribution in [0, 0.1) is 0 Å². The first kappa shape index (κ1) is 11.7.